The highest BCUT2D eigenvalue weighted by Crippen LogP contribution is 2.43. The molecule has 33 heavy (non-hydrogen) atoms. The maximum Gasteiger partial charge on any atom is 0.262 e. The van der Waals surface area contributed by atoms with Crippen molar-refractivity contribution in [1.82, 2.24) is 15.1 Å². The molecule has 0 saturated carbocycles. The zero-order chi connectivity index (χ0) is 23.2. The topological polar surface area (TPSA) is 139 Å². The monoisotopic (exact) mass is 451 g/mol. The molecule has 4 aliphatic heterocycles. The van der Waals surface area contributed by atoms with Crippen molar-refractivity contribution in [3.05, 3.63) is 39.8 Å². The lowest BCUT2D eigenvalue weighted by Gasteiger charge is -2.55. The molecule has 1 aromatic carbocycles. The Bertz CT molecular complexity index is 1080. The molecule has 0 aliphatic carbocycles. The fraction of sp³-hybridized carbons (Fsp3) is 0.545. The van der Waals surface area contributed by atoms with E-state index in [9.17, 15) is 19.2 Å². The number of anilines is 1. The van der Waals surface area contributed by atoms with E-state index in [1.54, 1.807) is 12.1 Å². The van der Waals surface area contributed by atoms with Crippen molar-refractivity contribution in [3.63, 3.8) is 0 Å². The Kier molecular flexibility index (Phi) is 5.30. The molecule has 4 heterocycles. The first kappa shape index (κ1) is 21.4. The molecule has 11 heteroatoms. The highest BCUT2D eigenvalue weighted by atomic mass is 16.2. The molecular weight excluding hydrogens is 426 g/mol. The van der Waals surface area contributed by atoms with Crippen molar-refractivity contribution in [3.8, 4) is 0 Å². The van der Waals surface area contributed by atoms with Crippen molar-refractivity contribution >= 4 is 29.3 Å². The zero-order valence-corrected chi connectivity index (χ0v) is 18.2. The van der Waals surface area contributed by atoms with Gasteiger partial charge in [0.15, 0.2) is 0 Å². The first-order valence-electron chi connectivity index (χ1n) is 11.2. The number of nitrogens with zero attached hydrogens (tertiary/aromatic N) is 6. The standard InChI is InChI=1S/C22H25N7O4/c23-26-24-7-10-27-8-5-22(6-9-27)12-28(13-22)14-1-2-15-16(11-14)21(33)29(20(15)32)17-3-4-18(30)25-19(17)31/h1-2,11,17H,3-10,12-13H2,(H,25,30,31). The second kappa shape index (κ2) is 8.17. The van der Waals surface area contributed by atoms with Crippen LogP contribution in [-0.4, -0.2) is 78.7 Å². The number of hydrogen-bond acceptors (Lipinski definition) is 7. The maximum atomic E-state index is 13.0. The Morgan fingerprint density at radius 2 is 1.82 bits per heavy atom. The second-order valence-electron chi connectivity index (χ2n) is 9.33. The molecule has 3 fully saturated rings. The number of imide groups is 2. The molecule has 4 aliphatic rings. The number of carbonyl (C=O) groups is 4. The maximum absolute atomic E-state index is 13.0. The van der Waals surface area contributed by atoms with Gasteiger partial charge in [0.05, 0.1) is 11.1 Å². The summed E-state index contributed by atoms with van der Waals surface area (Å²) in [6.07, 6.45) is 2.40. The molecule has 1 unspecified atom stereocenters. The van der Waals surface area contributed by atoms with E-state index >= 15 is 0 Å². The van der Waals surface area contributed by atoms with Crippen LogP contribution in [0.15, 0.2) is 23.3 Å². The summed E-state index contributed by atoms with van der Waals surface area (Å²) in [6.45, 7) is 5.03. The third-order valence-corrected chi connectivity index (χ3v) is 7.34. The molecule has 5 rings (SSSR count). The Morgan fingerprint density at radius 1 is 1.09 bits per heavy atom. The largest absolute Gasteiger partial charge is 0.370 e. The van der Waals surface area contributed by atoms with E-state index in [0.717, 1.165) is 56.2 Å². The summed E-state index contributed by atoms with van der Waals surface area (Å²) in [6, 6.07) is 4.33. The molecule has 3 saturated heterocycles. The van der Waals surface area contributed by atoms with E-state index in [4.69, 9.17) is 5.53 Å². The smallest absolute Gasteiger partial charge is 0.262 e. The van der Waals surface area contributed by atoms with Crippen LogP contribution in [0.2, 0.25) is 0 Å². The molecule has 1 aromatic rings. The lowest BCUT2D eigenvalue weighted by molar-refractivity contribution is -0.136. The average Bonchev–Trinajstić information content (AvgIpc) is 3.03. The van der Waals surface area contributed by atoms with Gasteiger partial charge < -0.3 is 9.80 Å². The molecule has 4 amide bonds. The van der Waals surface area contributed by atoms with Crippen molar-refractivity contribution in [2.75, 3.05) is 44.2 Å². The fourth-order valence-electron chi connectivity index (χ4n) is 5.40. The van der Waals surface area contributed by atoms with Gasteiger partial charge in [-0.2, -0.15) is 0 Å². The lowest BCUT2D eigenvalue weighted by Crippen LogP contribution is -2.60. The first-order valence-corrected chi connectivity index (χ1v) is 11.2. The average molecular weight is 451 g/mol. The van der Waals surface area contributed by atoms with Gasteiger partial charge in [-0.15, -0.1) is 0 Å². The van der Waals surface area contributed by atoms with E-state index in [2.05, 4.69) is 25.1 Å². The number of carbonyl (C=O) groups excluding carboxylic acids is 4. The predicted octanol–water partition coefficient (Wildman–Crippen LogP) is 1.30. The molecule has 172 valence electrons. The zero-order valence-electron chi connectivity index (χ0n) is 18.2. The minimum atomic E-state index is -0.949. The van der Waals surface area contributed by atoms with Crippen LogP contribution in [0.5, 0.6) is 0 Å². The normalized spacial score (nSPS) is 24.4. The Balaban J connectivity index is 1.24. The van der Waals surface area contributed by atoms with Crippen LogP contribution in [0.1, 0.15) is 46.4 Å². The van der Waals surface area contributed by atoms with E-state index in [-0.39, 0.29) is 24.2 Å². The van der Waals surface area contributed by atoms with Crippen molar-refractivity contribution in [2.45, 2.75) is 31.7 Å². The molecule has 0 aromatic heterocycles. The number of benzene rings is 1. The van der Waals surface area contributed by atoms with Gasteiger partial charge in [-0.3, -0.25) is 29.4 Å². The fourth-order valence-corrected chi connectivity index (χ4v) is 5.40. The summed E-state index contributed by atoms with van der Waals surface area (Å²) < 4.78 is 0. The third kappa shape index (κ3) is 3.73. The molecule has 1 atom stereocenters. The van der Waals surface area contributed by atoms with E-state index in [1.807, 2.05) is 6.07 Å². The number of likely N-dealkylation sites (tertiary alicyclic amines) is 1. The summed E-state index contributed by atoms with van der Waals surface area (Å²) in [7, 11) is 0. The van der Waals surface area contributed by atoms with E-state index < -0.39 is 23.8 Å². The Labute approximate surface area is 190 Å². The van der Waals surface area contributed by atoms with Crippen LogP contribution < -0.4 is 10.2 Å². The van der Waals surface area contributed by atoms with Crippen LogP contribution in [-0.2, 0) is 9.59 Å². The lowest BCUT2D eigenvalue weighted by atomic mass is 9.71. The minimum Gasteiger partial charge on any atom is -0.370 e. The van der Waals surface area contributed by atoms with Gasteiger partial charge in [0.1, 0.15) is 6.04 Å². The van der Waals surface area contributed by atoms with Gasteiger partial charge in [-0.05, 0) is 56.1 Å². The van der Waals surface area contributed by atoms with Gasteiger partial charge >= 0.3 is 0 Å². The Morgan fingerprint density at radius 3 is 2.52 bits per heavy atom. The minimum absolute atomic E-state index is 0.105. The summed E-state index contributed by atoms with van der Waals surface area (Å²) in [4.78, 5) is 57.9. The molecule has 1 N–H and O–H groups in total. The number of amides is 4. The molecule has 0 bridgehead atoms. The molecular formula is C22H25N7O4. The van der Waals surface area contributed by atoms with Crippen molar-refractivity contribution < 1.29 is 19.2 Å². The second-order valence-corrected chi connectivity index (χ2v) is 9.33. The van der Waals surface area contributed by atoms with Crippen LogP contribution in [0.4, 0.5) is 5.69 Å². The Hall–Kier alpha value is -3.43. The van der Waals surface area contributed by atoms with Crippen LogP contribution in [0, 0.1) is 5.41 Å². The van der Waals surface area contributed by atoms with Gasteiger partial charge in [0.2, 0.25) is 11.8 Å². The summed E-state index contributed by atoms with van der Waals surface area (Å²) in [5.74, 6) is -1.95. The summed E-state index contributed by atoms with van der Waals surface area (Å²) >= 11 is 0. The molecule has 1 spiro atoms. The predicted molar refractivity (Wildman–Crippen MR) is 117 cm³/mol. The first-order chi connectivity index (χ1) is 15.9. The van der Waals surface area contributed by atoms with Crippen molar-refractivity contribution in [2.24, 2.45) is 10.5 Å². The van der Waals surface area contributed by atoms with Gasteiger partial charge in [-0.1, -0.05) is 5.11 Å². The number of rotatable bonds is 5. The van der Waals surface area contributed by atoms with Gasteiger partial charge in [-0.25, -0.2) is 0 Å². The van der Waals surface area contributed by atoms with Crippen LogP contribution >= 0.6 is 0 Å². The number of nitrogens with one attached hydrogen (secondary N) is 1. The number of piperidine rings is 2. The summed E-state index contributed by atoms with van der Waals surface area (Å²) in [5.41, 5.74) is 10.2. The quantitative estimate of drug-likeness (QED) is 0.310. The van der Waals surface area contributed by atoms with Gasteiger partial charge in [0.25, 0.3) is 11.8 Å². The van der Waals surface area contributed by atoms with Crippen LogP contribution in [0.25, 0.3) is 10.4 Å². The SMILES string of the molecule is [N-]=[N+]=NCCN1CCC2(CC1)CN(c1ccc3c(c1)C(=O)N(C1CCC(=O)NC1=O)C3=O)C2. The molecule has 11 nitrogen and oxygen atoms in total. The number of fused-ring (bicyclic) bond motifs is 1. The molecule has 0 radical (unpaired) electrons. The van der Waals surface area contributed by atoms with Gasteiger partial charge in [0, 0.05) is 48.6 Å². The summed E-state index contributed by atoms with van der Waals surface area (Å²) in [5, 5.41) is 5.82. The van der Waals surface area contributed by atoms with E-state index in [0.29, 0.717) is 17.7 Å². The number of azide groups is 1. The number of hydrogen-bond donors (Lipinski definition) is 1. The van der Waals surface area contributed by atoms with Crippen molar-refractivity contribution in [1.29, 1.82) is 0 Å². The highest BCUT2D eigenvalue weighted by molar-refractivity contribution is 6.23. The third-order valence-electron chi connectivity index (χ3n) is 7.34. The van der Waals surface area contributed by atoms with Crippen LogP contribution in [0.3, 0.4) is 0 Å². The highest BCUT2D eigenvalue weighted by Gasteiger charge is 2.47. The van der Waals surface area contributed by atoms with E-state index in [1.165, 1.54) is 0 Å².